The smallest absolute Gasteiger partial charge is 0.194 e. The fourth-order valence-electron chi connectivity index (χ4n) is 1.00. The fraction of sp³-hybridized carbons (Fsp3) is 0.250. The fourth-order valence-corrected chi connectivity index (χ4v) is 1.58. The summed E-state index contributed by atoms with van der Waals surface area (Å²) < 4.78 is 32.7. The van der Waals surface area contributed by atoms with Gasteiger partial charge in [0.2, 0.25) is 0 Å². The van der Waals surface area contributed by atoms with Crippen molar-refractivity contribution in [3.8, 4) is 0 Å². The number of halogens is 1. The molecular weight excluding hydrogens is 179 g/mol. The van der Waals surface area contributed by atoms with Gasteiger partial charge in [0, 0.05) is 0 Å². The lowest BCUT2D eigenvalue weighted by Crippen LogP contribution is -1.95. The zero-order chi connectivity index (χ0) is 9.19. The zero-order valence-corrected chi connectivity index (χ0v) is 7.44. The summed E-state index contributed by atoms with van der Waals surface area (Å²) in [5, 5.41) is 0. The van der Waals surface area contributed by atoms with E-state index in [1.807, 2.05) is 13.0 Å². The first-order valence-electron chi connectivity index (χ1n) is 3.45. The van der Waals surface area contributed by atoms with Gasteiger partial charge in [-0.05, 0) is 12.5 Å². The Labute approximate surface area is 71.2 Å². The molecule has 1 aromatic rings. The molecule has 0 aliphatic carbocycles. The predicted molar refractivity (Wildman–Crippen MR) is 44.9 cm³/mol. The van der Waals surface area contributed by atoms with Crippen LogP contribution in [0.1, 0.15) is 11.1 Å². The van der Waals surface area contributed by atoms with Crippen molar-refractivity contribution in [2.45, 2.75) is 12.7 Å². The van der Waals surface area contributed by atoms with E-state index in [9.17, 15) is 12.3 Å². The van der Waals surface area contributed by atoms with Gasteiger partial charge in [-0.25, -0.2) is 0 Å². The Bertz CT molecular complexity index is 370. The lowest BCUT2D eigenvalue weighted by molar-refractivity contribution is 0.551. The second kappa shape index (κ2) is 3.23. The van der Waals surface area contributed by atoms with Crippen molar-refractivity contribution in [3.05, 3.63) is 35.4 Å². The molecule has 2 nitrogen and oxygen atoms in total. The van der Waals surface area contributed by atoms with Gasteiger partial charge in [-0.2, -0.15) is 8.42 Å². The molecule has 0 aromatic heterocycles. The minimum atomic E-state index is -4.39. The maximum absolute atomic E-state index is 12.2. The average Bonchev–Trinajstić information content (AvgIpc) is 1.82. The summed E-state index contributed by atoms with van der Waals surface area (Å²) in [7, 11) is -4.39. The van der Waals surface area contributed by atoms with Gasteiger partial charge in [0.1, 0.15) is 5.75 Å². The molecule has 0 heterocycles. The van der Waals surface area contributed by atoms with Gasteiger partial charge in [0.15, 0.2) is 0 Å². The number of benzene rings is 1. The maximum atomic E-state index is 12.2. The third-order valence-corrected chi connectivity index (χ3v) is 2.10. The largest absolute Gasteiger partial charge is 0.306 e. The molecule has 4 heteroatoms. The minimum absolute atomic E-state index is 0.484. The highest BCUT2D eigenvalue weighted by atomic mass is 32.3. The number of aryl methyl sites for hydroxylation is 1. The Balaban J connectivity index is 2.91. The van der Waals surface area contributed by atoms with Crippen LogP contribution >= 0.6 is 0 Å². The average molecular weight is 188 g/mol. The van der Waals surface area contributed by atoms with Crippen LogP contribution in [0.15, 0.2) is 24.3 Å². The van der Waals surface area contributed by atoms with Crippen LogP contribution in [0.25, 0.3) is 0 Å². The lowest BCUT2D eigenvalue weighted by atomic mass is 10.2. The highest BCUT2D eigenvalue weighted by Gasteiger charge is 2.07. The molecule has 66 valence electrons. The van der Waals surface area contributed by atoms with Gasteiger partial charge in [0.05, 0.1) is 0 Å². The van der Waals surface area contributed by atoms with Crippen LogP contribution in [-0.4, -0.2) is 8.42 Å². The van der Waals surface area contributed by atoms with Gasteiger partial charge in [0.25, 0.3) is 0 Å². The van der Waals surface area contributed by atoms with Crippen molar-refractivity contribution >= 4 is 10.2 Å². The molecule has 0 aliphatic rings. The van der Waals surface area contributed by atoms with Crippen molar-refractivity contribution in [2.75, 3.05) is 0 Å². The first-order chi connectivity index (χ1) is 5.47. The molecule has 12 heavy (non-hydrogen) atoms. The Morgan fingerprint density at radius 1 is 1.42 bits per heavy atom. The molecular formula is C8H9FO2S. The monoisotopic (exact) mass is 188 g/mol. The number of rotatable bonds is 2. The third kappa shape index (κ3) is 3.00. The summed E-state index contributed by atoms with van der Waals surface area (Å²) in [6, 6.07) is 6.77. The molecule has 0 unspecified atom stereocenters. The van der Waals surface area contributed by atoms with Crippen molar-refractivity contribution in [2.24, 2.45) is 0 Å². The summed E-state index contributed by atoms with van der Waals surface area (Å²) in [5.41, 5.74) is 1.41. The molecule has 0 atom stereocenters. The Morgan fingerprint density at radius 3 is 2.58 bits per heavy atom. The van der Waals surface area contributed by atoms with Crippen LogP contribution in [-0.2, 0) is 16.0 Å². The van der Waals surface area contributed by atoms with Crippen LogP contribution in [0.2, 0.25) is 0 Å². The minimum Gasteiger partial charge on any atom is -0.194 e. The highest BCUT2D eigenvalue weighted by Crippen LogP contribution is 2.08. The molecule has 0 bridgehead atoms. The predicted octanol–water partition coefficient (Wildman–Crippen LogP) is 1.79. The number of hydrogen-bond donors (Lipinski definition) is 0. The van der Waals surface area contributed by atoms with Crippen molar-refractivity contribution in [1.29, 1.82) is 0 Å². The molecule has 0 saturated carbocycles. The van der Waals surface area contributed by atoms with Crippen molar-refractivity contribution in [3.63, 3.8) is 0 Å². The van der Waals surface area contributed by atoms with E-state index in [2.05, 4.69) is 0 Å². The van der Waals surface area contributed by atoms with Crippen LogP contribution in [0, 0.1) is 6.92 Å². The van der Waals surface area contributed by atoms with Crippen LogP contribution in [0.5, 0.6) is 0 Å². The van der Waals surface area contributed by atoms with E-state index < -0.39 is 16.0 Å². The molecule has 0 N–H and O–H groups in total. The number of hydrogen-bond acceptors (Lipinski definition) is 2. The maximum Gasteiger partial charge on any atom is 0.306 e. The first-order valence-corrected chi connectivity index (χ1v) is 5.00. The molecule has 0 amide bonds. The topological polar surface area (TPSA) is 34.1 Å². The van der Waals surface area contributed by atoms with E-state index >= 15 is 0 Å². The standard InChI is InChI=1S/C8H9FO2S/c1-7-3-2-4-8(5-7)6-12(9,10)11/h2-5H,6H2,1H3. The first kappa shape index (κ1) is 9.19. The molecule has 0 fully saturated rings. The molecule has 0 radical (unpaired) electrons. The second-order valence-corrected chi connectivity index (χ2v) is 4.04. The summed E-state index contributed by atoms with van der Waals surface area (Å²) in [5.74, 6) is -0.533. The van der Waals surface area contributed by atoms with Gasteiger partial charge in [-0.1, -0.05) is 29.8 Å². The van der Waals surface area contributed by atoms with Gasteiger partial charge in [-0.15, -0.1) is 3.89 Å². The Hall–Kier alpha value is -0.900. The van der Waals surface area contributed by atoms with Crippen LogP contribution in [0.3, 0.4) is 0 Å². The van der Waals surface area contributed by atoms with Crippen LogP contribution in [0.4, 0.5) is 3.89 Å². The Kier molecular flexibility index (Phi) is 2.47. The quantitative estimate of drug-likeness (QED) is 0.663. The summed E-state index contributed by atoms with van der Waals surface area (Å²) in [6.45, 7) is 1.83. The lowest BCUT2D eigenvalue weighted by Gasteiger charge is -1.97. The SMILES string of the molecule is Cc1cccc(CS(=O)(=O)F)c1. The molecule has 1 rings (SSSR count). The summed E-state index contributed by atoms with van der Waals surface area (Å²) in [6.07, 6.45) is 0. The Morgan fingerprint density at radius 2 is 2.08 bits per heavy atom. The van der Waals surface area contributed by atoms with E-state index in [1.54, 1.807) is 18.2 Å². The molecule has 0 saturated heterocycles. The van der Waals surface area contributed by atoms with E-state index in [1.165, 1.54) is 0 Å². The van der Waals surface area contributed by atoms with E-state index in [-0.39, 0.29) is 0 Å². The van der Waals surface area contributed by atoms with E-state index in [0.29, 0.717) is 5.56 Å². The second-order valence-electron chi connectivity index (χ2n) is 2.67. The van der Waals surface area contributed by atoms with Gasteiger partial charge in [-0.3, -0.25) is 0 Å². The van der Waals surface area contributed by atoms with Crippen molar-refractivity contribution < 1.29 is 12.3 Å². The highest BCUT2D eigenvalue weighted by molar-refractivity contribution is 7.85. The summed E-state index contributed by atoms with van der Waals surface area (Å²) >= 11 is 0. The normalized spacial score (nSPS) is 11.5. The molecule has 0 spiro atoms. The van der Waals surface area contributed by atoms with Crippen molar-refractivity contribution in [1.82, 2.24) is 0 Å². The molecule has 1 aromatic carbocycles. The molecule has 0 aliphatic heterocycles. The zero-order valence-electron chi connectivity index (χ0n) is 6.62. The van der Waals surface area contributed by atoms with E-state index in [4.69, 9.17) is 0 Å². The van der Waals surface area contributed by atoms with Crippen LogP contribution < -0.4 is 0 Å². The van der Waals surface area contributed by atoms with Gasteiger partial charge >= 0.3 is 10.2 Å². The van der Waals surface area contributed by atoms with E-state index in [0.717, 1.165) is 5.56 Å². The summed E-state index contributed by atoms with van der Waals surface area (Å²) in [4.78, 5) is 0. The third-order valence-electron chi connectivity index (χ3n) is 1.42. The van der Waals surface area contributed by atoms with Gasteiger partial charge < -0.3 is 0 Å².